The van der Waals surface area contributed by atoms with Crippen LogP contribution < -0.4 is 5.32 Å². The molecule has 1 aliphatic carbocycles. The lowest BCUT2D eigenvalue weighted by Gasteiger charge is -2.26. The number of rotatable bonds is 9. The van der Waals surface area contributed by atoms with Gasteiger partial charge in [-0.25, -0.2) is 9.97 Å². The van der Waals surface area contributed by atoms with E-state index >= 15 is 0 Å². The van der Waals surface area contributed by atoms with Crippen LogP contribution in [-0.4, -0.2) is 48.4 Å². The Morgan fingerprint density at radius 2 is 1.83 bits per heavy atom. The summed E-state index contributed by atoms with van der Waals surface area (Å²) in [4.78, 5) is 33.7. The second-order valence-corrected chi connectivity index (χ2v) is 12.0. The average molecular weight is 570 g/mol. The summed E-state index contributed by atoms with van der Waals surface area (Å²) in [5.74, 6) is 0.455. The molecular formula is C32H39N7O3. The first kappa shape index (κ1) is 29.2. The van der Waals surface area contributed by atoms with Crippen LogP contribution in [0.3, 0.4) is 0 Å². The highest BCUT2D eigenvalue weighted by Gasteiger charge is 2.28. The molecule has 1 N–H and O–H groups in total. The number of nitrogens with zero attached hydrogens (tertiary/aromatic N) is 6. The van der Waals surface area contributed by atoms with Crippen LogP contribution in [0.5, 0.6) is 0 Å². The normalized spacial score (nSPS) is 17.2. The Labute approximate surface area is 246 Å². The molecule has 1 aromatic carbocycles. The maximum absolute atomic E-state index is 12.8. The minimum Gasteiger partial charge on any atom is -0.469 e. The number of anilines is 2. The van der Waals surface area contributed by atoms with Gasteiger partial charge in [0.15, 0.2) is 5.78 Å². The van der Waals surface area contributed by atoms with Crippen molar-refractivity contribution in [1.82, 2.24) is 29.5 Å². The molecule has 3 aromatic heterocycles. The first-order chi connectivity index (χ1) is 20.1. The second kappa shape index (κ2) is 12.3. The van der Waals surface area contributed by atoms with E-state index in [4.69, 9.17) is 9.72 Å². The Balaban J connectivity index is 1.19. The molecule has 4 aromatic rings. The molecule has 1 aliphatic rings. The minimum atomic E-state index is -0.156. The predicted molar refractivity (Wildman–Crippen MR) is 161 cm³/mol. The maximum atomic E-state index is 12.8. The molecule has 0 bridgehead atoms. The molecule has 0 aliphatic heterocycles. The Kier molecular flexibility index (Phi) is 8.51. The van der Waals surface area contributed by atoms with E-state index in [0.717, 1.165) is 53.8 Å². The van der Waals surface area contributed by atoms with Gasteiger partial charge in [-0.2, -0.15) is 10.2 Å². The van der Waals surface area contributed by atoms with Gasteiger partial charge in [-0.3, -0.25) is 19.0 Å². The van der Waals surface area contributed by atoms with Crippen LogP contribution in [0.2, 0.25) is 0 Å². The van der Waals surface area contributed by atoms with Gasteiger partial charge in [0.25, 0.3) is 0 Å². The number of benzene rings is 1. The number of ketones is 1. The summed E-state index contributed by atoms with van der Waals surface area (Å²) in [7, 11) is 1.45. The third kappa shape index (κ3) is 6.75. The van der Waals surface area contributed by atoms with Crippen LogP contribution in [0.1, 0.15) is 80.4 Å². The van der Waals surface area contributed by atoms with E-state index in [1.165, 1.54) is 7.11 Å². The number of methoxy groups -OCH3 is 1. The average Bonchev–Trinajstić information content (AvgIpc) is 3.67. The van der Waals surface area contributed by atoms with Crippen molar-refractivity contribution in [2.24, 2.45) is 5.92 Å². The highest BCUT2D eigenvalue weighted by molar-refractivity contribution is 5.95. The molecule has 0 saturated heterocycles. The lowest BCUT2D eigenvalue weighted by atomic mass is 9.86. The standard InChI is InChI=1S/C32H39N7O3/c1-21-16-24(7-6-22(21)10-13-29(40)25-17-35-39(19-25)32(2,3)4)28-14-15-33-31(37-28)36-26-18-34-38(20-26)27-11-8-23(9-12-27)30(41)42-5/h6-7,14-20,23,27H,8-13H2,1-5H3,(H,33,36,37). The van der Waals surface area contributed by atoms with Gasteiger partial charge in [-0.05, 0) is 83.1 Å². The van der Waals surface area contributed by atoms with E-state index in [1.54, 1.807) is 18.6 Å². The smallest absolute Gasteiger partial charge is 0.308 e. The molecule has 3 heterocycles. The van der Waals surface area contributed by atoms with Crippen molar-refractivity contribution >= 4 is 23.4 Å². The predicted octanol–water partition coefficient (Wildman–Crippen LogP) is 6.06. The molecule has 10 nitrogen and oxygen atoms in total. The molecular weight excluding hydrogens is 530 g/mol. The number of Topliss-reactive ketones (excluding diaryl/α,β-unsaturated/α-hetero) is 1. The van der Waals surface area contributed by atoms with Gasteiger partial charge < -0.3 is 10.1 Å². The first-order valence-corrected chi connectivity index (χ1v) is 14.5. The number of carbonyl (C=O) groups is 2. The third-order valence-electron chi connectivity index (χ3n) is 7.97. The second-order valence-electron chi connectivity index (χ2n) is 12.0. The van der Waals surface area contributed by atoms with Crippen LogP contribution in [0.4, 0.5) is 11.6 Å². The molecule has 220 valence electrons. The molecule has 0 radical (unpaired) electrons. The molecule has 42 heavy (non-hydrogen) atoms. The van der Waals surface area contributed by atoms with Crippen LogP contribution in [-0.2, 0) is 21.5 Å². The number of esters is 1. The number of carbonyl (C=O) groups excluding carboxylic acids is 2. The fourth-order valence-corrected chi connectivity index (χ4v) is 5.42. The van der Waals surface area contributed by atoms with Gasteiger partial charge in [0, 0.05) is 30.6 Å². The monoisotopic (exact) mass is 569 g/mol. The van der Waals surface area contributed by atoms with E-state index in [1.807, 2.05) is 33.9 Å². The minimum absolute atomic E-state index is 0.0137. The number of ether oxygens (including phenoxy) is 1. The zero-order valence-electron chi connectivity index (χ0n) is 25.0. The number of hydrogen-bond acceptors (Lipinski definition) is 8. The lowest BCUT2D eigenvalue weighted by Crippen LogP contribution is -2.24. The van der Waals surface area contributed by atoms with Gasteiger partial charge in [0.2, 0.25) is 5.95 Å². The molecule has 5 rings (SSSR count). The molecule has 0 spiro atoms. The molecule has 0 atom stereocenters. The number of aryl methyl sites for hydroxylation is 2. The lowest BCUT2D eigenvalue weighted by molar-refractivity contribution is -0.146. The van der Waals surface area contributed by atoms with Crippen LogP contribution in [0, 0.1) is 12.8 Å². The number of aromatic nitrogens is 6. The topological polar surface area (TPSA) is 117 Å². The van der Waals surface area contributed by atoms with Crippen LogP contribution >= 0.6 is 0 Å². The van der Waals surface area contributed by atoms with E-state index in [9.17, 15) is 9.59 Å². The van der Waals surface area contributed by atoms with Crippen molar-refractivity contribution in [3.63, 3.8) is 0 Å². The Morgan fingerprint density at radius 1 is 1.05 bits per heavy atom. The number of nitrogens with one attached hydrogen (secondary N) is 1. The summed E-state index contributed by atoms with van der Waals surface area (Å²) in [6.07, 6.45) is 13.5. The van der Waals surface area contributed by atoms with E-state index in [2.05, 4.69) is 60.3 Å². The van der Waals surface area contributed by atoms with Gasteiger partial charge in [-0.15, -0.1) is 0 Å². The van der Waals surface area contributed by atoms with Crippen molar-refractivity contribution in [1.29, 1.82) is 0 Å². The van der Waals surface area contributed by atoms with E-state index < -0.39 is 0 Å². The summed E-state index contributed by atoms with van der Waals surface area (Å²) in [6, 6.07) is 8.36. The fourth-order valence-electron chi connectivity index (χ4n) is 5.42. The van der Waals surface area contributed by atoms with Gasteiger partial charge in [0.05, 0.1) is 53.9 Å². The van der Waals surface area contributed by atoms with Gasteiger partial charge >= 0.3 is 5.97 Å². The zero-order chi connectivity index (χ0) is 29.9. The van der Waals surface area contributed by atoms with Crippen molar-refractivity contribution in [2.45, 2.75) is 77.8 Å². The largest absolute Gasteiger partial charge is 0.469 e. The van der Waals surface area contributed by atoms with E-state index in [0.29, 0.717) is 24.4 Å². The van der Waals surface area contributed by atoms with Crippen LogP contribution in [0.25, 0.3) is 11.3 Å². The summed E-state index contributed by atoms with van der Waals surface area (Å²) >= 11 is 0. The highest BCUT2D eigenvalue weighted by Crippen LogP contribution is 2.33. The summed E-state index contributed by atoms with van der Waals surface area (Å²) in [5.41, 5.74) is 5.34. The van der Waals surface area contributed by atoms with Crippen molar-refractivity contribution in [3.05, 3.63) is 71.9 Å². The highest BCUT2D eigenvalue weighted by atomic mass is 16.5. The van der Waals surface area contributed by atoms with Crippen molar-refractivity contribution in [3.8, 4) is 11.3 Å². The van der Waals surface area contributed by atoms with Gasteiger partial charge in [-0.1, -0.05) is 12.1 Å². The maximum Gasteiger partial charge on any atom is 0.308 e. The fraction of sp³-hybridized carbons (Fsp3) is 0.438. The summed E-state index contributed by atoms with van der Waals surface area (Å²) in [6.45, 7) is 8.25. The Bertz CT molecular complexity index is 1560. The summed E-state index contributed by atoms with van der Waals surface area (Å²) < 4.78 is 8.69. The number of hydrogen-bond donors (Lipinski definition) is 1. The Morgan fingerprint density at radius 3 is 2.52 bits per heavy atom. The molecule has 1 fully saturated rings. The first-order valence-electron chi connectivity index (χ1n) is 14.5. The van der Waals surface area contributed by atoms with Crippen molar-refractivity contribution < 1.29 is 14.3 Å². The van der Waals surface area contributed by atoms with Crippen molar-refractivity contribution in [2.75, 3.05) is 12.4 Å². The molecule has 0 unspecified atom stereocenters. The third-order valence-corrected chi connectivity index (χ3v) is 7.97. The molecule has 10 heteroatoms. The zero-order valence-corrected chi connectivity index (χ0v) is 25.0. The summed E-state index contributed by atoms with van der Waals surface area (Å²) in [5, 5.41) is 12.2. The SMILES string of the molecule is COC(=O)C1CCC(n2cc(Nc3nccc(-c4ccc(CCC(=O)c5cnn(C(C)(C)C)c5)c(C)c4)n3)cn2)CC1. The molecule has 0 amide bonds. The van der Waals surface area contributed by atoms with Gasteiger partial charge in [0.1, 0.15) is 0 Å². The Hall–Kier alpha value is -4.34. The quantitative estimate of drug-likeness (QED) is 0.191. The molecule has 1 saturated carbocycles. The van der Waals surface area contributed by atoms with Crippen LogP contribution in [0.15, 0.2) is 55.2 Å². The van der Waals surface area contributed by atoms with E-state index in [-0.39, 0.29) is 29.3 Å².